The molecule has 0 saturated carbocycles. The lowest BCUT2D eigenvalue weighted by Gasteiger charge is -2.65. The van der Waals surface area contributed by atoms with E-state index in [1.165, 1.54) is 32.7 Å². The number of hydrogen-bond acceptors (Lipinski definition) is 15. The van der Waals surface area contributed by atoms with Crippen LogP contribution >= 0.6 is 0 Å². The van der Waals surface area contributed by atoms with Crippen LogP contribution in [-0.4, -0.2) is 104 Å². The Morgan fingerprint density at radius 2 is 0.515 bits per heavy atom. The molecule has 6 heterocycles. The summed E-state index contributed by atoms with van der Waals surface area (Å²) >= 11 is 0. The van der Waals surface area contributed by atoms with Crippen molar-refractivity contribution in [3.63, 3.8) is 0 Å². The maximum absolute atomic E-state index is 13.3. The second-order valence-corrected chi connectivity index (χ2v) is 31.1. The molecule has 192 valence electrons. The van der Waals surface area contributed by atoms with Crippen molar-refractivity contribution in [2.75, 3.05) is 28.2 Å². The topological polar surface area (TPSA) is 180 Å². The lowest BCUT2D eigenvalue weighted by atomic mass is 10.8. The highest BCUT2D eigenvalue weighted by Gasteiger charge is 2.74. The quantitative estimate of drug-likeness (QED) is 0.189. The molecule has 8 bridgehead atoms. The van der Waals surface area contributed by atoms with Gasteiger partial charge in [0.2, 0.25) is 0 Å². The van der Waals surface area contributed by atoms with Crippen LogP contribution in [0.15, 0.2) is 0 Å². The molecule has 33 heavy (non-hydrogen) atoms. The molecule has 6 rings (SSSR count). The number of hydrogen-bond donors (Lipinski definition) is 0. The third-order valence-electron chi connectivity index (χ3n) is 3.91. The SMILES string of the molecule is C[N+](C)(C)C.C[Si]12O[Si]3(C)O[Si]4(C)O[Si](C)(O1)O[Si]1([O-])O[Si](C)(O2)O[Si]([O-])(O3)O[Si]([O-])(O4)O1. The Bertz CT molecular complexity index is 575. The van der Waals surface area contributed by atoms with Gasteiger partial charge >= 0.3 is 71.2 Å². The van der Waals surface area contributed by atoms with Gasteiger partial charge in [-0.15, -0.1) is 0 Å². The maximum atomic E-state index is 13.3. The highest BCUT2D eigenvalue weighted by molar-refractivity contribution is 6.99. The van der Waals surface area contributed by atoms with Gasteiger partial charge in [0.1, 0.15) is 0 Å². The summed E-state index contributed by atoms with van der Waals surface area (Å²) in [5.41, 5.74) is 0. The highest BCUT2D eigenvalue weighted by atomic mass is 28.6. The Labute approximate surface area is 200 Å². The van der Waals surface area contributed by atoms with Crippen LogP contribution in [0.1, 0.15) is 0 Å². The van der Waals surface area contributed by atoms with E-state index in [1.807, 2.05) is 0 Å². The molecule has 24 heteroatoms. The second kappa shape index (κ2) is 7.57. The van der Waals surface area contributed by atoms with Crippen molar-refractivity contribution in [3.05, 3.63) is 0 Å². The maximum Gasteiger partial charge on any atom is 0.475 e. The predicted octanol–water partition coefficient (Wildman–Crippen LogP) is -4.19. The summed E-state index contributed by atoms with van der Waals surface area (Å²) in [5.74, 6) is 0. The van der Waals surface area contributed by atoms with E-state index < -0.39 is 71.2 Å². The summed E-state index contributed by atoms with van der Waals surface area (Å²) in [6.07, 6.45) is 0. The molecular weight excluding hydrogens is 587 g/mol. The van der Waals surface area contributed by atoms with Gasteiger partial charge in [-0.2, -0.15) is 0 Å². The van der Waals surface area contributed by atoms with Crippen molar-refractivity contribution >= 4 is 71.2 Å². The molecular formula is C9H27NO15Si8-2. The van der Waals surface area contributed by atoms with Gasteiger partial charge in [-0.25, -0.2) is 0 Å². The Morgan fingerprint density at radius 1 is 0.364 bits per heavy atom. The van der Waals surface area contributed by atoms with Gasteiger partial charge in [0.25, 0.3) is 0 Å². The molecule has 0 amide bonds. The molecule has 6 fully saturated rings. The number of rotatable bonds is 0. The summed E-state index contributed by atoms with van der Waals surface area (Å²) < 4.78 is 68.2. The minimum Gasteiger partial charge on any atom is -0.795 e. The smallest absolute Gasteiger partial charge is 0.475 e. The van der Waals surface area contributed by atoms with Crippen LogP contribution in [0.25, 0.3) is 0 Å². The Balaban J connectivity index is 0.000000471. The van der Waals surface area contributed by atoms with Gasteiger partial charge in [-0.05, 0) is 0 Å². The average molecular weight is 614 g/mol. The Morgan fingerprint density at radius 3 is 0.758 bits per heavy atom. The fraction of sp³-hybridized carbons (Fsp3) is 1.00. The van der Waals surface area contributed by atoms with Crippen molar-refractivity contribution in [2.45, 2.75) is 32.7 Å². The normalized spacial score (nSPS) is 57.8. The minimum atomic E-state index is -5.27. The summed E-state index contributed by atoms with van der Waals surface area (Å²) in [6.45, 7) is 6.84. The average Bonchev–Trinajstić information content (AvgIpc) is 2.31. The third kappa shape index (κ3) is 5.99. The summed E-state index contributed by atoms with van der Waals surface area (Å²) in [5, 5.41) is 0. The fourth-order valence-corrected chi connectivity index (χ4v) is 41.6. The highest BCUT2D eigenvalue weighted by Crippen LogP contribution is 2.44. The molecule has 0 aromatic rings. The molecule has 4 atom stereocenters. The van der Waals surface area contributed by atoms with Crippen LogP contribution in [0.5, 0.6) is 0 Å². The van der Waals surface area contributed by atoms with Crippen LogP contribution in [0.3, 0.4) is 0 Å². The Hall–Kier alpha value is 1.10. The van der Waals surface area contributed by atoms with E-state index in [9.17, 15) is 14.4 Å². The standard InChI is InChI=1S/C5H15O15Si8.C4H12N/c1-21-9-22(2)12-24(4)13-23(3,10-21)15-27(7)18-25(5,11-21)17-26(6,14-22)19-28(8,16-24)20-27;1-5(2,3)4/h1-5H3;1-4H3/q-3;+1. The predicted molar refractivity (Wildman–Crippen MR) is 112 cm³/mol. The van der Waals surface area contributed by atoms with Gasteiger partial charge < -0.3 is 68.3 Å². The summed E-state index contributed by atoms with van der Waals surface area (Å²) in [7, 11) is -26.7. The van der Waals surface area contributed by atoms with Crippen molar-refractivity contribution < 1.29 is 68.3 Å². The second-order valence-electron chi connectivity index (χ2n) is 9.72. The summed E-state index contributed by atoms with van der Waals surface area (Å²) in [4.78, 5) is 39.7. The van der Waals surface area contributed by atoms with E-state index in [2.05, 4.69) is 28.2 Å². The zero-order valence-corrected chi connectivity index (χ0v) is 27.6. The van der Waals surface area contributed by atoms with E-state index >= 15 is 0 Å². The third-order valence-corrected chi connectivity index (χ3v) is 35.2. The molecule has 0 radical (unpaired) electrons. The molecule has 4 unspecified atom stereocenters. The molecule has 6 aliphatic heterocycles. The largest absolute Gasteiger partial charge is 0.795 e. The lowest BCUT2D eigenvalue weighted by Crippen LogP contribution is -2.92. The fourth-order valence-electron chi connectivity index (χ4n) is 3.63. The molecule has 0 aromatic carbocycles. The monoisotopic (exact) mass is 613 g/mol. The van der Waals surface area contributed by atoms with Gasteiger partial charge in [-0.1, -0.05) is 0 Å². The van der Waals surface area contributed by atoms with Gasteiger partial charge in [-0.3, -0.25) is 0 Å². The first-order valence-electron chi connectivity index (χ1n) is 9.80. The van der Waals surface area contributed by atoms with Crippen molar-refractivity contribution in [1.29, 1.82) is 0 Å². The van der Waals surface area contributed by atoms with Crippen molar-refractivity contribution in [1.82, 2.24) is 0 Å². The van der Waals surface area contributed by atoms with Crippen molar-refractivity contribution in [3.8, 4) is 0 Å². The van der Waals surface area contributed by atoms with E-state index in [0.717, 1.165) is 4.48 Å². The zero-order valence-electron chi connectivity index (χ0n) is 19.6. The van der Waals surface area contributed by atoms with Crippen LogP contribution in [0, 0.1) is 0 Å². The van der Waals surface area contributed by atoms with Crippen LogP contribution in [0.4, 0.5) is 0 Å². The molecule has 0 spiro atoms. The van der Waals surface area contributed by atoms with Gasteiger partial charge in [0.05, 0.1) is 28.2 Å². The lowest BCUT2D eigenvalue weighted by molar-refractivity contribution is -0.849. The number of quaternary nitrogens is 1. The molecule has 0 aromatic heterocycles. The van der Waals surface area contributed by atoms with Crippen LogP contribution < -0.4 is 14.4 Å². The van der Waals surface area contributed by atoms with E-state index in [-0.39, 0.29) is 0 Å². The molecule has 6 aliphatic rings. The Kier molecular flexibility index (Phi) is 6.23. The first-order valence-corrected chi connectivity index (χ1v) is 25.8. The molecule has 0 aliphatic carbocycles. The van der Waals surface area contributed by atoms with E-state index in [4.69, 9.17) is 49.4 Å². The molecule has 0 N–H and O–H groups in total. The van der Waals surface area contributed by atoms with E-state index in [0.29, 0.717) is 0 Å². The van der Waals surface area contributed by atoms with Gasteiger partial charge in [0, 0.05) is 32.7 Å². The minimum absolute atomic E-state index is 1.00. The summed E-state index contributed by atoms with van der Waals surface area (Å²) in [6, 6.07) is 0. The molecule has 6 saturated heterocycles. The van der Waals surface area contributed by atoms with Crippen LogP contribution in [0.2, 0.25) is 32.7 Å². The first-order chi connectivity index (χ1) is 14.5. The first kappa shape index (κ1) is 27.1. The zero-order chi connectivity index (χ0) is 25.0. The van der Waals surface area contributed by atoms with Gasteiger partial charge in [0.15, 0.2) is 0 Å². The van der Waals surface area contributed by atoms with Crippen LogP contribution in [-0.2, 0) is 49.4 Å². The van der Waals surface area contributed by atoms with Crippen molar-refractivity contribution in [2.24, 2.45) is 0 Å². The van der Waals surface area contributed by atoms with E-state index in [1.54, 1.807) is 0 Å². The molecule has 16 nitrogen and oxygen atoms in total. The number of nitrogens with zero attached hydrogens (tertiary/aromatic N) is 1.